The van der Waals surface area contributed by atoms with Crippen LogP contribution < -0.4 is 11.3 Å². The molecule has 0 aliphatic carbocycles. The Balaban J connectivity index is 2.70. The minimum absolute atomic E-state index is 0.107. The summed E-state index contributed by atoms with van der Waals surface area (Å²) in [5.41, 5.74) is 4.85. The number of rotatable bonds is 6. The lowest BCUT2D eigenvalue weighted by atomic mass is 9.97. The average Bonchev–Trinajstić information content (AvgIpc) is 2.59. The van der Waals surface area contributed by atoms with Gasteiger partial charge in [0.25, 0.3) is 0 Å². The molecule has 0 aromatic carbocycles. The lowest BCUT2D eigenvalue weighted by molar-refractivity contribution is 0.0115. The van der Waals surface area contributed by atoms with E-state index in [1.54, 1.807) is 7.11 Å². The van der Waals surface area contributed by atoms with Crippen LogP contribution in [0.2, 0.25) is 0 Å². The third-order valence-electron chi connectivity index (χ3n) is 3.18. The van der Waals surface area contributed by atoms with Gasteiger partial charge in [-0.25, -0.2) is 0 Å². The van der Waals surface area contributed by atoms with Crippen LogP contribution in [0, 0.1) is 6.92 Å². The molecule has 0 aliphatic rings. The van der Waals surface area contributed by atoms with Gasteiger partial charge < -0.3 is 4.74 Å². The van der Waals surface area contributed by atoms with Gasteiger partial charge in [0.15, 0.2) is 0 Å². The molecule has 1 aromatic heterocycles. The van der Waals surface area contributed by atoms with Crippen molar-refractivity contribution >= 4 is 0 Å². The van der Waals surface area contributed by atoms with Gasteiger partial charge in [-0.05, 0) is 39.7 Å². The Morgan fingerprint density at radius 3 is 2.65 bits per heavy atom. The van der Waals surface area contributed by atoms with Gasteiger partial charge in [0, 0.05) is 14.2 Å². The van der Waals surface area contributed by atoms with Crippen LogP contribution in [-0.2, 0) is 11.8 Å². The SMILES string of the molecule is COC(C)(C)CCC(NN)c1cc(C)nn1C. The van der Waals surface area contributed by atoms with Crippen LogP contribution >= 0.6 is 0 Å². The van der Waals surface area contributed by atoms with E-state index in [0.717, 1.165) is 24.2 Å². The molecule has 5 heteroatoms. The second-order valence-corrected chi connectivity index (χ2v) is 5.06. The maximum absolute atomic E-state index is 5.62. The molecule has 98 valence electrons. The summed E-state index contributed by atoms with van der Waals surface area (Å²) >= 11 is 0. The number of aromatic nitrogens is 2. The number of nitrogens with one attached hydrogen (secondary N) is 1. The van der Waals surface area contributed by atoms with Crippen LogP contribution in [0.25, 0.3) is 0 Å². The summed E-state index contributed by atoms with van der Waals surface area (Å²) in [7, 11) is 3.67. The maximum Gasteiger partial charge on any atom is 0.0630 e. The smallest absolute Gasteiger partial charge is 0.0630 e. The molecular formula is C12H24N4O. The van der Waals surface area contributed by atoms with Crippen molar-refractivity contribution in [3.05, 3.63) is 17.5 Å². The molecule has 1 heterocycles. The van der Waals surface area contributed by atoms with Crippen molar-refractivity contribution in [1.29, 1.82) is 0 Å². The Kier molecular flexibility index (Phi) is 4.68. The molecule has 1 aromatic rings. The Morgan fingerprint density at radius 2 is 2.24 bits per heavy atom. The molecule has 0 fully saturated rings. The Labute approximate surface area is 103 Å². The predicted molar refractivity (Wildman–Crippen MR) is 68.3 cm³/mol. The number of hydrogen-bond donors (Lipinski definition) is 2. The fourth-order valence-corrected chi connectivity index (χ4v) is 1.87. The fourth-order valence-electron chi connectivity index (χ4n) is 1.87. The normalized spacial score (nSPS) is 14.0. The molecule has 0 amide bonds. The first-order valence-corrected chi connectivity index (χ1v) is 5.91. The summed E-state index contributed by atoms with van der Waals surface area (Å²) in [6, 6.07) is 2.17. The van der Waals surface area contributed by atoms with E-state index in [-0.39, 0.29) is 11.6 Å². The Morgan fingerprint density at radius 1 is 1.59 bits per heavy atom. The summed E-state index contributed by atoms with van der Waals surface area (Å²) < 4.78 is 7.29. The van der Waals surface area contributed by atoms with Gasteiger partial charge in [0.05, 0.1) is 23.0 Å². The highest BCUT2D eigenvalue weighted by atomic mass is 16.5. The Hall–Kier alpha value is -0.910. The van der Waals surface area contributed by atoms with E-state index in [9.17, 15) is 0 Å². The van der Waals surface area contributed by atoms with Crippen LogP contribution in [0.4, 0.5) is 0 Å². The fraction of sp³-hybridized carbons (Fsp3) is 0.750. The van der Waals surface area contributed by atoms with Crippen molar-refractivity contribution in [2.45, 2.75) is 45.3 Å². The van der Waals surface area contributed by atoms with Crippen molar-refractivity contribution < 1.29 is 4.74 Å². The molecule has 0 saturated heterocycles. The number of hydrogen-bond acceptors (Lipinski definition) is 4. The first-order chi connectivity index (χ1) is 7.89. The highest BCUT2D eigenvalue weighted by Crippen LogP contribution is 2.24. The van der Waals surface area contributed by atoms with E-state index in [1.807, 2.05) is 18.7 Å². The van der Waals surface area contributed by atoms with Crippen LogP contribution in [0.3, 0.4) is 0 Å². The van der Waals surface area contributed by atoms with Crippen LogP contribution in [0.15, 0.2) is 6.07 Å². The molecular weight excluding hydrogens is 216 g/mol. The highest BCUT2D eigenvalue weighted by Gasteiger charge is 2.21. The molecule has 1 atom stereocenters. The topological polar surface area (TPSA) is 65.1 Å². The average molecular weight is 240 g/mol. The number of nitrogens with zero attached hydrogens (tertiary/aromatic N) is 2. The van der Waals surface area contributed by atoms with Crippen molar-refractivity contribution in [2.24, 2.45) is 12.9 Å². The van der Waals surface area contributed by atoms with Gasteiger partial charge in [-0.3, -0.25) is 16.0 Å². The summed E-state index contributed by atoms with van der Waals surface area (Å²) in [6.45, 7) is 6.14. The largest absolute Gasteiger partial charge is 0.379 e. The molecule has 1 rings (SSSR count). The van der Waals surface area contributed by atoms with Gasteiger partial charge in [-0.15, -0.1) is 0 Å². The summed E-state index contributed by atoms with van der Waals surface area (Å²) in [4.78, 5) is 0. The molecule has 17 heavy (non-hydrogen) atoms. The zero-order valence-electron chi connectivity index (χ0n) is 11.4. The number of methoxy groups -OCH3 is 1. The number of hydrazine groups is 1. The zero-order valence-corrected chi connectivity index (χ0v) is 11.4. The third kappa shape index (κ3) is 3.80. The highest BCUT2D eigenvalue weighted by molar-refractivity contribution is 5.12. The summed E-state index contributed by atoms with van der Waals surface area (Å²) in [5, 5.41) is 4.33. The van der Waals surface area contributed by atoms with Crippen LogP contribution in [-0.4, -0.2) is 22.5 Å². The number of ether oxygens (including phenoxy) is 1. The lowest BCUT2D eigenvalue weighted by Gasteiger charge is -2.25. The predicted octanol–water partition coefficient (Wildman–Crippen LogP) is 1.44. The summed E-state index contributed by atoms with van der Waals surface area (Å²) in [5.74, 6) is 5.62. The first-order valence-electron chi connectivity index (χ1n) is 5.91. The van der Waals surface area contributed by atoms with Crippen LogP contribution in [0.1, 0.15) is 44.1 Å². The monoisotopic (exact) mass is 240 g/mol. The molecule has 0 saturated carbocycles. The Bertz CT molecular complexity index is 359. The van der Waals surface area contributed by atoms with E-state index in [0.29, 0.717) is 0 Å². The van der Waals surface area contributed by atoms with E-state index in [2.05, 4.69) is 30.4 Å². The second-order valence-electron chi connectivity index (χ2n) is 5.06. The van der Waals surface area contributed by atoms with E-state index >= 15 is 0 Å². The van der Waals surface area contributed by atoms with Gasteiger partial charge >= 0.3 is 0 Å². The third-order valence-corrected chi connectivity index (χ3v) is 3.18. The van der Waals surface area contributed by atoms with Crippen molar-refractivity contribution in [3.8, 4) is 0 Å². The van der Waals surface area contributed by atoms with Gasteiger partial charge in [0.1, 0.15) is 0 Å². The minimum Gasteiger partial charge on any atom is -0.379 e. The second kappa shape index (κ2) is 5.62. The molecule has 1 unspecified atom stereocenters. The standard InChI is InChI=1S/C12H24N4O/c1-9-8-11(16(4)15-9)10(14-13)6-7-12(2,3)17-5/h8,10,14H,6-7,13H2,1-5H3. The van der Waals surface area contributed by atoms with Gasteiger partial charge in [-0.2, -0.15) is 5.10 Å². The van der Waals surface area contributed by atoms with E-state index in [4.69, 9.17) is 10.6 Å². The van der Waals surface area contributed by atoms with E-state index < -0.39 is 0 Å². The maximum atomic E-state index is 5.62. The first kappa shape index (κ1) is 14.2. The van der Waals surface area contributed by atoms with Gasteiger partial charge in [0.2, 0.25) is 0 Å². The van der Waals surface area contributed by atoms with Gasteiger partial charge in [-0.1, -0.05) is 0 Å². The van der Waals surface area contributed by atoms with E-state index in [1.165, 1.54) is 0 Å². The number of nitrogens with two attached hydrogens (primary N) is 1. The molecule has 0 aliphatic heterocycles. The van der Waals surface area contributed by atoms with Crippen molar-refractivity contribution in [1.82, 2.24) is 15.2 Å². The molecule has 3 N–H and O–H groups in total. The molecule has 0 spiro atoms. The summed E-state index contributed by atoms with van der Waals surface area (Å²) in [6.07, 6.45) is 1.85. The van der Waals surface area contributed by atoms with Crippen molar-refractivity contribution in [3.63, 3.8) is 0 Å². The lowest BCUT2D eigenvalue weighted by Crippen LogP contribution is -2.32. The zero-order chi connectivity index (χ0) is 13.1. The minimum atomic E-state index is -0.122. The van der Waals surface area contributed by atoms with Crippen molar-refractivity contribution in [2.75, 3.05) is 7.11 Å². The number of aryl methyl sites for hydroxylation is 2. The quantitative estimate of drug-likeness (QED) is 0.583. The molecule has 0 bridgehead atoms. The van der Waals surface area contributed by atoms with Crippen LogP contribution in [0.5, 0.6) is 0 Å². The molecule has 0 radical (unpaired) electrons. The molecule has 5 nitrogen and oxygen atoms in total.